The van der Waals surface area contributed by atoms with Gasteiger partial charge in [-0.1, -0.05) is 78.9 Å². The lowest BCUT2D eigenvalue weighted by Gasteiger charge is -2.73. The van der Waals surface area contributed by atoms with Crippen molar-refractivity contribution in [2.75, 3.05) is 19.7 Å². The lowest BCUT2D eigenvalue weighted by Crippen LogP contribution is -2.66. The maximum Gasteiger partial charge on any atom is 0.305 e. The summed E-state index contributed by atoms with van der Waals surface area (Å²) in [4.78, 5) is 27.6. The third-order valence-electron chi connectivity index (χ3n) is 17.7. The fraction of sp³-hybridized carbons (Fsp3) is 0.913. The molecule has 0 aromatic heterocycles. The van der Waals surface area contributed by atoms with Gasteiger partial charge in [-0.05, 0) is 154 Å². The zero-order valence-corrected chi connectivity index (χ0v) is 34.0. The van der Waals surface area contributed by atoms with Crippen molar-refractivity contribution in [2.45, 2.75) is 189 Å². The molecule has 1 N–H and O–H groups in total. The third kappa shape index (κ3) is 7.15. The Hall–Kier alpha value is -1.36. The van der Waals surface area contributed by atoms with E-state index in [0.29, 0.717) is 65.8 Å². The first-order chi connectivity index (χ1) is 24.2. The number of hydrogen-bond acceptors (Lipinski definition) is 4. The maximum atomic E-state index is 13.2. The van der Waals surface area contributed by atoms with Crippen LogP contribution < -0.4 is 0 Å². The van der Waals surface area contributed by atoms with Gasteiger partial charge in [-0.3, -0.25) is 9.59 Å². The molecule has 5 nitrogen and oxygen atoms in total. The number of amides is 1. The Balaban J connectivity index is 1.00. The average Bonchev–Trinajstić information content (AvgIpc) is 3.49. The molecular formula is C46H77NO4. The van der Waals surface area contributed by atoms with E-state index in [1.807, 2.05) is 0 Å². The highest BCUT2D eigenvalue weighted by atomic mass is 16.5. The summed E-state index contributed by atoms with van der Waals surface area (Å²) in [6.45, 7) is 22.1. The Morgan fingerprint density at radius 1 is 0.725 bits per heavy atom. The highest BCUT2D eigenvalue weighted by molar-refractivity contribution is 5.76. The molecule has 1 heterocycles. The van der Waals surface area contributed by atoms with Gasteiger partial charge in [0.25, 0.3) is 0 Å². The van der Waals surface area contributed by atoms with Crippen LogP contribution in [0.1, 0.15) is 183 Å². The van der Waals surface area contributed by atoms with E-state index in [1.54, 1.807) is 0 Å². The minimum Gasteiger partial charge on any atom is -0.465 e. The van der Waals surface area contributed by atoms with Gasteiger partial charge in [0.2, 0.25) is 5.91 Å². The van der Waals surface area contributed by atoms with Crippen LogP contribution in [0.5, 0.6) is 0 Å². The number of aliphatic hydroxyl groups is 1. The number of nitrogens with zero attached hydrogens (tertiary/aromatic N) is 1. The van der Waals surface area contributed by atoms with Crippen LogP contribution in [0.3, 0.4) is 0 Å². The minimum absolute atomic E-state index is 0.00970. The second kappa shape index (κ2) is 15.4. The lowest BCUT2D eigenvalue weighted by atomic mass is 9.32. The molecule has 0 aromatic rings. The van der Waals surface area contributed by atoms with E-state index in [0.717, 1.165) is 51.6 Å². The predicted molar refractivity (Wildman–Crippen MR) is 208 cm³/mol. The number of piperidine rings is 1. The monoisotopic (exact) mass is 708 g/mol. The van der Waals surface area contributed by atoms with Crippen molar-refractivity contribution < 1.29 is 19.4 Å². The summed E-state index contributed by atoms with van der Waals surface area (Å²) in [5.74, 6) is 3.42. The number of carbonyl (C=O) groups is 2. The molecule has 1 saturated heterocycles. The molecule has 10 atom stereocenters. The zero-order valence-electron chi connectivity index (χ0n) is 34.0. The molecule has 5 heteroatoms. The van der Waals surface area contributed by atoms with Crippen LogP contribution in [0, 0.1) is 56.7 Å². The van der Waals surface area contributed by atoms with Crippen molar-refractivity contribution in [3.8, 4) is 0 Å². The van der Waals surface area contributed by atoms with Crippen molar-refractivity contribution in [1.82, 2.24) is 4.90 Å². The van der Waals surface area contributed by atoms with Gasteiger partial charge in [-0.25, -0.2) is 0 Å². The number of aliphatic hydroxyl groups excluding tert-OH is 1. The highest BCUT2D eigenvalue weighted by Gasteiger charge is 2.71. The summed E-state index contributed by atoms with van der Waals surface area (Å²) in [6, 6.07) is 0. The van der Waals surface area contributed by atoms with E-state index in [4.69, 9.17) is 4.74 Å². The first kappa shape index (κ1) is 39.3. The van der Waals surface area contributed by atoms with Gasteiger partial charge < -0.3 is 14.7 Å². The molecule has 5 aliphatic carbocycles. The zero-order chi connectivity index (χ0) is 36.7. The normalized spacial score (nSPS) is 41.5. The van der Waals surface area contributed by atoms with Crippen LogP contribution in [0.4, 0.5) is 0 Å². The largest absolute Gasteiger partial charge is 0.465 e. The van der Waals surface area contributed by atoms with Crippen LogP contribution >= 0.6 is 0 Å². The molecule has 0 unspecified atom stereocenters. The number of ether oxygens (including phenoxy) is 1. The SMILES string of the molecule is C=C(C)[C@@H]1CC[C@]2(COC(=O)CCCCCCCCCC(=O)N3CCCCC3)CC[C@]3(C)[C@H](CC[C@@H]4[C@@]5(C)CC[C@H](O)C(C)(C)[C@@H]5CC[C@]43C)[C@@H]12. The molecule has 1 amide bonds. The molecule has 290 valence electrons. The van der Waals surface area contributed by atoms with E-state index in [9.17, 15) is 14.7 Å². The van der Waals surface area contributed by atoms with Gasteiger partial charge in [0, 0.05) is 31.3 Å². The standard InChI is InChI=1S/C46H77NO4/c1-33(2)34-22-27-46(32-51-40(50)19-15-12-10-8-9-11-14-18-39(49)47-30-16-13-17-31-47)29-28-44(6)35(41(34)46)20-21-37-43(5)25-24-38(48)42(3,4)36(43)23-26-45(37,44)7/h34-38,41,48H,1,8-32H2,2-7H3/t34-,35+,36-,37+,38-,41+,43-,44+,45+,46+/m0/s1. The topological polar surface area (TPSA) is 66.8 Å². The number of fused-ring (bicyclic) bond motifs is 7. The molecule has 0 radical (unpaired) electrons. The Bertz CT molecular complexity index is 1250. The van der Waals surface area contributed by atoms with Gasteiger partial charge >= 0.3 is 5.97 Å². The summed E-state index contributed by atoms with van der Waals surface area (Å²) in [5.41, 5.74) is 2.31. The summed E-state index contributed by atoms with van der Waals surface area (Å²) < 4.78 is 6.28. The summed E-state index contributed by atoms with van der Waals surface area (Å²) in [5, 5.41) is 11.1. The second-order valence-corrected chi connectivity index (χ2v) is 20.5. The first-order valence-corrected chi connectivity index (χ1v) is 22.0. The number of carbonyl (C=O) groups excluding carboxylic acids is 2. The molecule has 6 rings (SSSR count). The molecular weight excluding hydrogens is 631 g/mol. The van der Waals surface area contributed by atoms with Crippen LogP contribution in [-0.4, -0.2) is 47.7 Å². The summed E-state index contributed by atoms with van der Waals surface area (Å²) in [7, 11) is 0. The molecule has 1 aliphatic heterocycles. The van der Waals surface area contributed by atoms with Gasteiger partial charge in [0.05, 0.1) is 12.7 Å². The molecule has 5 saturated carbocycles. The number of allylic oxidation sites excluding steroid dienone is 1. The van der Waals surface area contributed by atoms with E-state index < -0.39 is 0 Å². The number of esters is 1. The maximum absolute atomic E-state index is 13.2. The predicted octanol–water partition coefficient (Wildman–Crippen LogP) is 11.1. The van der Waals surface area contributed by atoms with Crippen LogP contribution in [0.2, 0.25) is 0 Å². The van der Waals surface area contributed by atoms with Gasteiger partial charge in [0.15, 0.2) is 0 Å². The van der Waals surface area contributed by atoms with E-state index >= 15 is 0 Å². The molecule has 6 aliphatic rings. The molecule has 0 bridgehead atoms. The molecule has 0 aromatic carbocycles. The van der Waals surface area contributed by atoms with E-state index in [1.165, 1.54) is 95.5 Å². The Kier molecular flexibility index (Phi) is 11.9. The summed E-state index contributed by atoms with van der Waals surface area (Å²) in [6.07, 6.45) is 24.4. The van der Waals surface area contributed by atoms with E-state index in [2.05, 4.69) is 53.0 Å². The Morgan fingerprint density at radius 3 is 2.08 bits per heavy atom. The van der Waals surface area contributed by atoms with Crippen LogP contribution in [0.25, 0.3) is 0 Å². The van der Waals surface area contributed by atoms with Crippen molar-refractivity contribution in [2.24, 2.45) is 56.7 Å². The molecule has 0 spiro atoms. The van der Waals surface area contributed by atoms with Crippen molar-refractivity contribution in [3.63, 3.8) is 0 Å². The number of likely N-dealkylation sites (tertiary alicyclic amines) is 1. The Labute approximate surface area is 312 Å². The summed E-state index contributed by atoms with van der Waals surface area (Å²) >= 11 is 0. The number of unbranched alkanes of at least 4 members (excludes halogenated alkanes) is 6. The third-order valence-corrected chi connectivity index (χ3v) is 17.7. The van der Waals surface area contributed by atoms with Gasteiger partial charge in [-0.15, -0.1) is 0 Å². The van der Waals surface area contributed by atoms with Gasteiger partial charge in [-0.2, -0.15) is 0 Å². The van der Waals surface area contributed by atoms with Crippen LogP contribution in [0.15, 0.2) is 12.2 Å². The number of rotatable bonds is 13. The quantitative estimate of drug-likeness (QED) is 0.118. The average molecular weight is 708 g/mol. The second-order valence-electron chi connectivity index (χ2n) is 20.5. The number of hydrogen-bond donors (Lipinski definition) is 1. The van der Waals surface area contributed by atoms with Crippen LogP contribution in [-0.2, 0) is 14.3 Å². The molecule has 6 fully saturated rings. The lowest BCUT2D eigenvalue weighted by molar-refractivity contribution is -0.250. The van der Waals surface area contributed by atoms with Gasteiger partial charge in [0.1, 0.15) is 0 Å². The van der Waals surface area contributed by atoms with E-state index in [-0.39, 0.29) is 28.3 Å². The van der Waals surface area contributed by atoms with Crippen molar-refractivity contribution in [3.05, 3.63) is 12.2 Å². The van der Waals surface area contributed by atoms with Crippen molar-refractivity contribution in [1.29, 1.82) is 0 Å². The minimum atomic E-state index is -0.178. The fourth-order valence-electron chi connectivity index (χ4n) is 14.6. The molecule has 51 heavy (non-hydrogen) atoms. The van der Waals surface area contributed by atoms with Crippen molar-refractivity contribution >= 4 is 11.9 Å². The fourth-order valence-corrected chi connectivity index (χ4v) is 14.6. The Morgan fingerprint density at radius 2 is 1.39 bits per heavy atom. The smallest absolute Gasteiger partial charge is 0.305 e. The first-order valence-electron chi connectivity index (χ1n) is 22.0. The highest BCUT2D eigenvalue weighted by Crippen LogP contribution is 2.77.